The third kappa shape index (κ3) is 2.43. The lowest BCUT2D eigenvalue weighted by molar-refractivity contribution is 0.173. The van der Waals surface area contributed by atoms with Gasteiger partial charge in [-0.05, 0) is 58.4 Å². The van der Waals surface area contributed by atoms with Gasteiger partial charge in [0.1, 0.15) is 0 Å². The third-order valence-electron chi connectivity index (χ3n) is 3.50. The number of rotatable bonds is 4. The molecule has 92 valence electrons. The Bertz CT molecular complexity index is 436. The molecule has 1 saturated carbocycles. The van der Waals surface area contributed by atoms with Crippen LogP contribution in [-0.4, -0.2) is 13.3 Å². The Morgan fingerprint density at radius 3 is 3.00 bits per heavy atom. The monoisotopic (exact) mass is 297 g/mol. The highest BCUT2D eigenvalue weighted by molar-refractivity contribution is 9.10. The highest BCUT2D eigenvalue weighted by Gasteiger charge is 2.31. The predicted molar refractivity (Wildman–Crippen MR) is 69.2 cm³/mol. The first-order valence-corrected chi connectivity index (χ1v) is 6.82. The highest BCUT2D eigenvalue weighted by Crippen LogP contribution is 2.40. The molecule has 1 heterocycles. The van der Waals surface area contributed by atoms with Crippen molar-refractivity contribution < 1.29 is 9.47 Å². The highest BCUT2D eigenvalue weighted by atomic mass is 79.9. The van der Waals surface area contributed by atoms with E-state index in [4.69, 9.17) is 9.47 Å². The van der Waals surface area contributed by atoms with Crippen molar-refractivity contribution >= 4 is 15.9 Å². The summed E-state index contributed by atoms with van der Waals surface area (Å²) in [6, 6.07) is 4.15. The van der Waals surface area contributed by atoms with Gasteiger partial charge in [-0.2, -0.15) is 0 Å². The van der Waals surface area contributed by atoms with Crippen LogP contribution >= 0.6 is 15.9 Å². The van der Waals surface area contributed by atoms with Gasteiger partial charge in [0.15, 0.2) is 11.5 Å². The zero-order chi connectivity index (χ0) is 11.8. The van der Waals surface area contributed by atoms with Crippen LogP contribution in [0.15, 0.2) is 16.6 Å². The van der Waals surface area contributed by atoms with E-state index in [0.717, 1.165) is 40.9 Å². The minimum atomic E-state index is 0.324. The molecule has 0 aromatic heterocycles. The van der Waals surface area contributed by atoms with Crippen molar-refractivity contribution in [2.75, 3.05) is 13.3 Å². The molecule has 3 rings (SSSR count). The molecule has 0 amide bonds. The van der Waals surface area contributed by atoms with E-state index in [0.29, 0.717) is 6.79 Å². The fourth-order valence-electron chi connectivity index (χ4n) is 2.21. The van der Waals surface area contributed by atoms with Crippen LogP contribution in [0.1, 0.15) is 18.9 Å². The van der Waals surface area contributed by atoms with Crippen molar-refractivity contribution in [1.82, 2.24) is 5.32 Å². The second kappa shape index (κ2) is 4.50. The average molecular weight is 298 g/mol. The molecule has 0 bridgehead atoms. The smallest absolute Gasteiger partial charge is 0.231 e. The summed E-state index contributed by atoms with van der Waals surface area (Å²) < 4.78 is 11.7. The minimum absolute atomic E-state index is 0.324. The average Bonchev–Trinajstić information content (AvgIpc) is 2.79. The number of hydrogen-bond acceptors (Lipinski definition) is 3. The first-order chi connectivity index (χ1) is 8.24. The van der Waals surface area contributed by atoms with Crippen LogP contribution in [-0.2, 0) is 6.54 Å². The van der Waals surface area contributed by atoms with Gasteiger partial charge >= 0.3 is 0 Å². The molecule has 4 heteroatoms. The molecule has 2 unspecified atom stereocenters. The molecule has 1 aliphatic carbocycles. The van der Waals surface area contributed by atoms with Crippen LogP contribution in [0.4, 0.5) is 0 Å². The van der Waals surface area contributed by atoms with Gasteiger partial charge in [-0.25, -0.2) is 0 Å². The van der Waals surface area contributed by atoms with Crippen molar-refractivity contribution in [3.05, 3.63) is 22.2 Å². The van der Waals surface area contributed by atoms with Crippen LogP contribution in [0.2, 0.25) is 0 Å². The van der Waals surface area contributed by atoms with E-state index in [1.165, 1.54) is 12.0 Å². The number of ether oxygens (including phenoxy) is 2. The third-order valence-corrected chi connectivity index (χ3v) is 4.09. The topological polar surface area (TPSA) is 30.5 Å². The van der Waals surface area contributed by atoms with E-state index < -0.39 is 0 Å². The molecule has 1 fully saturated rings. The van der Waals surface area contributed by atoms with Crippen molar-refractivity contribution in [2.24, 2.45) is 11.8 Å². The van der Waals surface area contributed by atoms with Crippen LogP contribution < -0.4 is 14.8 Å². The lowest BCUT2D eigenvalue weighted by atomic mass is 10.2. The van der Waals surface area contributed by atoms with E-state index in [-0.39, 0.29) is 0 Å². The van der Waals surface area contributed by atoms with Gasteiger partial charge in [-0.3, -0.25) is 0 Å². The van der Waals surface area contributed by atoms with Crippen molar-refractivity contribution in [3.63, 3.8) is 0 Å². The van der Waals surface area contributed by atoms with Gasteiger partial charge in [-0.1, -0.05) is 6.92 Å². The maximum atomic E-state index is 5.40. The zero-order valence-electron chi connectivity index (χ0n) is 9.83. The van der Waals surface area contributed by atoms with E-state index in [2.05, 4.69) is 40.3 Å². The number of hydrogen-bond donors (Lipinski definition) is 1. The summed E-state index contributed by atoms with van der Waals surface area (Å²) in [4.78, 5) is 0. The molecule has 1 aliphatic heterocycles. The molecule has 0 spiro atoms. The molecular weight excluding hydrogens is 282 g/mol. The Morgan fingerprint density at radius 1 is 1.41 bits per heavy atom. The lowest BCUT2D eigenvalue weighted by Crippen LogP contribution is -2.16. The second-order valence-corrected chi connectivity index (χ2v) is 5.77. The van der Waals surface area contributed by atoms with Crippen LogP contribution in [0.3, 0.4) is 0 Å². The Labute approximate surface area is 110 Å². The van der Waals surface area contributed by atoms with E-state index in [1.807, 2.05) is 0 Å². The Morgan fingerprint density at radius 2 is 2.24 bits per heavy atom. The van der Waals surface area contributed by atoms with E-state index >= 15 is 0 Å². The van der Waals surface area contributed by atoms with Crippen LogP contribution in [0.25, 0.3) is 0 Å². The molecule has 1 N–H and O–H groups in total. The standard InChI is InChI=1S/C13H16BrNO2/c1-8-2-10(8)6-15-5-9-3-11(14)13-12(4-9)16-7-17-13/h3-4,8,10,15H,2,5-7H2,1H3. The van der Waals surface area contributed by atoms with Crippen LogP contribution in [0.5, 0.6) is 11.5 Å². The predicted octanol–water partition coefficient (Wildman–Crippen LogP) is 2.92. The molecule has 0 saturated heterocycles. The largest absolute Gasteiger partial charge is 0.454 e. The van der Waals surface area contributed by atoms with Gasteiger partial charge in [0.25, 0.3) is 0 Å². The molecule has 2 atom stereocenters. The first-order valence-electron chi connectivity index (χ1n) is 6.03. The molecule has 17 heavy (non-hydrogen) atoms. The van der Waals surface area contributed by atoms with Crippen molar-refractivity contribution in [2.45, 2.75) is 19.9 Å². The number of nitrogens with one attached hydrogen (secondary N) is 1. The molecule has 1 aromatic rings. The fraction of sp³-hybridized carbons (Fsp3) is 0.538. The summed E-state index contributed by atoms with van der Waals surface area (Å²) in [6.45, 7) is 4.64. The zero-order valence-corrected chi connectivity index (χ0v) is 11.4. The summed E-state index contributed by atoms with van der Waals surface area (Å²) >= 11 is 3.51. The number of fused-ring (bicyclic) bond motifs is 1. The molecule has 3 nitrogen and oxygen atoms in total. The first kappa shape index (κ1) is 11.4. The van der Waals surface area contributed by atoms with Crippen molar-refractivity contribution in [3.8, 4) is 11.5 Å². The lowest BCUT2D eigenvalue weighted by Gasteiger charge is -2.06. The SMILES string of the molecule is CC1CC1CNCc1cc(Br)c2c(c1)OCO2. The van der Waals surface area contributed by atoms with Gasteiger partial charge in [0.2, 0.25) is 6.79 Å². The van der Waals surface area contributed by atoms with Gasteiger partial charge in [0.05, 0.1) is 4.47 Å². The molecule has 1 aromatic carbocycles. The second-order valence-electron chi connectivity index (χ2n) is 4.92. The Balaban J connectivity index is 1.61. The van der Waals surface area contributed by atoms with Gasteiger partial charge in [0, 0.05) is 6.54 Å². The fourth-order valence-corrected chi connectivity index (χ4v) is 2.81. The quantitative estimate of drug-likeness (QED) is 0.927. The molecule has 2 aliphatic rings. The number of benzene rings is 1. The van der Waals surface area contributed by atoms with Gasteiger partial charge < -0.3 is 14.8 Å². The summed E-state index contributed by atoms with van der Waals surface area (Å²) in [5.41, 5.74) is 1.23. The summed E-state index contributed by atoms with van der Waals surface area (Å²) in [5, 5.41) is 3.50. The summed E-state index contributed by atoms with van der Waals surface area (Å²) in [5.74, 6) is 3.46. The van der Waals surface area contributed by atoms with E-state index in [9.17, 15) is 0 Å². The Kier molecular flexibility index (Phi) is 3.01. The van der Waals surface area contributed by atoms with E-state index in [1.54, 1.807) is 0 Å². The molecular formula is C13H16BrNO2. The van der Waals surface area contributed by atoms with Crippen LogP contribution in [0, 0.1) is 11.8 Å². The number of halogens is 1. The minimum Gasteiger partial charge on any atom is -0.454 e. The summed E-state index contributed by atoms with van der Waals surface area (Å²) in [6.07, 6.45) is 1.37. The van der Waals surface area contributed by atoms with Crippen molar-refractivity contribution in [1.29, 1.82) is 0 Å². The maximum Gasteiger partial charge on any atom is 0.231 e. The molecule has 0 radical (unpaired) electrons. The Hall–Kier alpha value is -0.740. The summed E-state index contributed by atoms with van der Waals surface area (Å²) in [7, 11) is 0. The normalized spacial score (nSPS) is 25.1. The maximum absolute atomic E-state index is 5.40. The van der Waals surface area contributed by atoms with Gasteiger partial charge in [-0.15, -0.1) is 0 Å².